The monoisotopic (exact) mass is 300 g/mol. The van der Waals surface area contributed by atoms with E-state index in [0.717, 1.165) is 18.4 Å². The predicted molar refractivity (Wildman–Crippen MR) is 66.0 cm³/mol. The van der Waals surface area contributed by atoms with E-state index < -0.39 is 16.7 Å². The third-order valence-corrected chi connectivity index (χ3v) is 4.39. The summed E-state index contributed by atoms with van der Waals surface area (Å²) in [5.74, 6) is 0.335. The molecule has 0 bridgehead atoms. The van der Waals surface area contributed by atoms with E-state index in [2.05, 4.69) is 15.1 Å². The number of fused-ring (bicyclic) bond motifs is 3. The zero-order valence-electron chi connectivity index (χ0n) is 9.86. The summed E-state index contributed by atoms with van der Waals surface area (Å²) in [6.45, 7) is 0. The van der Waals surface area contributed by atoms with Crippen LogP contribution in [-0.4, -0.2) is 19.6 Å². The lowest BCUT2D eigenvalue weighted by Crippen LogP contribution is -2.09. The van der Waals surface area contributed by atoms with Crippen molar-refractivity contribution >= 4 is 27.3 Å². The van der Waals surface area contributed by atoms with Crippen LogP contribution in [0.25, 0.3) is 16.0 Å². The number of aromatic amines is 1. The highest BCUT2D eigenvalue weighted by molar-refractivity contribution is 7.18. The fourth-order valence-electron chi connectivity index (χ4n) is 2.23. The molecular weight excluding hydrogens is 293 g/mol. The van der Waals surface area contributed by atoms with Gasteiger partial charge < -0.3 is 4.98 Å². The number of nitrogens with zero attached hydrogens (tertiary/aromatic N) is 3. The lowest BCUT2D eigenvalue weighted by Gasteiger charge is -1.98. The molecule has 0 unspecified atom stereocenters. The Kier molecular flexibility index (Phi) is 2.14. The largest absolute Gasteiger partial charge is 0.443 e. The highest BCUT2D eigenvalue weighted by Crippen LogP contribution is 2.42. The summed E-state index contributed by atoms with van der Waals surface area (Å²) in [6.07, 6.45) is -0.956. The van der Waals surface area contributed by atoms with E-state index in [1.165, 1.54) is 4.52 Å². The first-order valence-electron chi connectivity index (χ1n) is 5.93. The van der Waals surface area contributed by atoms with Gasteiger partial charge in [0, 0.05) is 5.56 Å². The van der Waals surface area contributed by atoms with Crippen LogP contribution in [0.1, 0.15) is 29.3 Å². The van der Waals surface area contributed by atoms with Gasteiger partial charge in [0.1, 0.15) is 10.3 Å². The molecule has 0 saturated heterocycles. The maximum atomic E-state index is 12.7. The molecule has 0 atom stereocenters. The molecule has 1 aliphatic carbocycles. The van der Waals surface area contributed by atoms with E-state index in [4.69, 9.17) is 0 Å². The van der Waals surface area contributed by atoms with Crippen LogP contribution in [0, 0.1) is 0 Å². The van der Waals surface area contributed by atoms with Crippen molar-refractivity contribution in [2.75, 3.05) is 0 Å². The predicted octanol–water partition coefficient (Wildman–Crippen LogP) is 2.53. The summed E-state index contributed by atoms with van der Waals surface area (Å²) >= 11 is 0.338. The Morgan fingerprint density at radius 2 is 2.15 bits per heavy atom. The number of H-pyrrole nitrogens is 1. The molecule has 104 valence electrons. The number of rotatable bonds is 1. The molecular formula is C11H7F3N4OS. The maximum Gasteiger partial charge on any atom is 0.443 e. The van der Waals surface area contributed by atoms with Gasteiger partial charge >= 0.3 is 6.18 Å². The van der Waals surface area contributed by atoms with Crippen molar-refractivity contribution in [1.82, 2.24) is 19.6 Å². The van der Waals surface area contributed by atoms with E-state index in [9.17, 15) is 18.0 Å². The molecule has 1 N–H and O–H groups in total. The summed E-state index contributed by atoms with van der Waals surface area (Å²) in [5, 5.41) is 3.03. The molecule has 3 aromatic rings. The van der Waals surface area contributed by atoms with Crippen LogP contribution in [0.2, 0.25) is 0 Å². The normalized spacial score (nSPS) is 16.4. The Labute approximate surface area is 113 Å². The molecule has 3 heterocycles. The first-order chi connectivity index (χ1) is 9.45. The van der Waals surface area contributed by atoms with E-state index in [-0.39, 0.29) is 10.3 Å². The molecule has 3 aromatic heterocycles. The van der Waals surface area contributed by atoms with Gasteiger partial charge in [-0.25, -0.2) is 4.98 Å². The van der Waals surface area contributed by atoms with Crippen LogP contribution in [0.4, 0.5) is 13.2 Å². The zero-order chi connectivity index (χ0) is 14.1. The fraction of sp³-hybridized carbons (Fsp3) is 0.364. The van der Waals surface area contributed by atoms with Crippen LogP contribution in [-0.2, 0) is 6.18 Å². The van der Waals surface area contributed by atoms with Crippen molar-refractivity contribution in [3.05, 3.63) is 27.1 Å². The molecule has 5 nitrogen and oxygen atoms in total. The second-order valence-corrected chi connectivity index (χ2v) is 5.76. The fourth-order valence-corrected chi connectivity index (χ4v) is 3.04. The molecule has 0 aromatic carbocycles. The molecule has 1 fully saturated rings. The summed E-state index contributed by atoms with van der Waals surface area (Å²) in [4.78, 5) is 18.1. The summed E-state index contributed by atoms with van der Waals surface area (Å²) in [5.41, 5.74) is 0.727. The second kappa shape index (κ2) is 3.60. The Bertz CT molecular complexity index is 887. The number of halogens is 3. The Morgan fingerprint density at radius 3 is 2.80 bits per heavy atom. The number of aromatic nitrogens is 4. The molecule has 9 heteroatoms. The maximum absolute atomic E-state index is 12.7. The van der Waals surface area contributed by atoms with Gasteiger partial charge in [0.15, 0.2) is 5.65 Å². The van der Waals surface area contributed by atoms with Gasteiger partial charge in [0.2, 0.25) is 5.01 Å². The number of alkyl halides is 3. The molecule has 0 spiro atoms. The minimum absolute atomic E-state index is 0.0343. The molecule has 0 amide bonds. The van der Waals surface area contributed by atoms with Crippen molar-refractivity contribution in [3.8, 4) is 0 Å². The average Bonchev–Trinajstić information content (AvgIpc) is 2.95. The third-order valence-electron chi connectivity index (χ3n) is 3.31. The molecule has 20 heavy (non-hydrogen) atoms. The molecule has 1 aliphatic rings. The summed E-state index contributed by atoms with van der Waals surface area (Å²) < 4.78 is 39.3. The van der Waals surface area contributed by atoms with Crippen molar-refractivity contribution in [1.29, 1.82) is 0 Å². The van der Waals surface area contributed by atoms with Crippen LogP contribution in [0.5, 0.6) is 0 Å². The third kappa shape index (κ3) is 1.59. The van der Waals surface area contributed by atoms with E-state index in [0.29, 0.717) is 22.9 Å². The van der Waals surface area contributed by atoms with Crippen LogP contribution in [0.3, 0.4) is 0 Å². The first-order valence-corrected chi connectivity index (χ1v) is 6.74. The zero-order valence-corrected chi connectivity index (χ0v) is 10.7. The topological polar surface area (TPSA) is 63.0 Å². The summed E-state index contributed by atoms with van der Waals surface area (Å²) in [7, 11) is 0. The molecule has 0 aliphatic heterocycles. The quantitative estimate of drug-likeness (QED) is 0.751. The van der Waals surface area contributed by atoms with E-state index in [1.807, 2.05) is 0 Å². The first kappa shape index (κ1) is 11.9. The smallest absolute Gasteiger partial charge is 0.305 e. The summed E-state index contributed by atoms with van der Waals surface area (Å²) in [6, 6.07) is 0. The number of nitrogens with one attached hydrogen (secondary N) is 1. The van der Waals surface area contributed by atoms with Crippen molar-refractivity contribution < 1.29 is 13.2 Å². The van der Waals surface area contributed by atoms with Gasteiger partial charge in [-0.2, -0.15) is 22.8 Å². The van der Waals surface area contributed by atoms with Gasteiger partial charge in [-0.15, -0.1) is 11.3 Å². The second-order valence-electron chi connectivity index (χ2n) is 4.76. The van der Waals surface area contributed by atoms with Crippen molar-refractivity contribution in [2.24, 2.45) is 0 Å². The van der Waals surface area contributed by atoms with E-state index in [1.54, 1.807) is 6.20 Å². The standard InChI is InChI=1S/C11H7F3N4OS/c12-11(13,14)10-17-8-6(20-10)9(19)16-7-5(4-1-2-4)3-15-18(7)8/h3-4H,1-2H2,(H,16,19). The average molecular weight is 300 g/mol. The number of thiazole rings is 1. The highest BCUT2D eigenvalue weighted by atomic mass is 32.1. The van der Waals surface area contributed by atoms with Crippen LogP contribution >= 0.6 is 11.3 Å². The Hall–Kier alpha value is -1.90. The molecule has 1 saturated carbocycles. The SMILES string of the molecule is O=c1[nH]c2c(C3CC3)cnn2c2nc(C(F)(F)F)sc12. The van der Waals surface area contributed by atoms with Crippen LogP contribution in [0.15, 0.2) is 11.0 Å². The van der Waals surface area contributed by atoms with Gasteiger partial charge in [-0.1, -0.05) is 0 Å². The van der Waals surface area contributed by atoms with Crippen molar-refractivity contribution in [3.63, 3.8) is 0 Å². The Balaban J connectivity index is 2.08. The highest BCUT2D eigenvalue weighted by Gasteiger charge is 2.36. The molecule has 4 rings (SSSR count). The number of hydrogen-bond acceptors (Lipinski definition) is 4. The lowest BCUT2D eigenvalue weighted by molar-refractivity contribution is -0.137. The lowest BCUT2D eigenvalue weighted by atomic mass is 10.2. The van der Waals surface area contributed by atoms with Gasteiger partial charge in [0.05, 0.1) is 6.20 Å². The van der Waals surface area contributed by atoms with Gasteiger partial charge in [-0.05, 0) is 18.8 Å². The minimum atomic E-state index is -4.56. The van der Waals surface area contributed by atoms with Crippen molar-refractivity contribution in [2.45, 2.75) is 24.9 Å². The van der Waals surface area contributed by atoms with E-state index >= 15 is 0 Å². The Morgan fingerprint density at radius 1 is 1.40 bits per heavy atom. The molecule has 0 radical (unpaired) electrons. The van der Waals surface area contributed by atoms with Crippen LogP contribution < -0.4 is 5.56 Å². The number of hydrogen-bond donors (Lipinski definition) is 1. The van der Waals surface area contributed by atoms with Gasteiger partial charge in [-0.3, -0.25) is 4.79 Å². The van der Waals surface area contributed by atoms with Gasteiger partial charge in [0.25, 0.3) is 5.56 Å². The minimum Gasteiger partial charge on any atom is -0.305 e.